The van der Waals surface area contributed by atoms with Gasteiger partial charge in [0.15, 0.2) is 0 Å². The first-order chi connectivity index (χ1) is 8.69. The van der Waals surface area contributed by atoms with E-state index in [1.807, 2.05) is 29.2 Å². The Balaban J connectivity index is 1.94. The maximum atomic E-state index is 12.0. The molecule has 0 saturated carbocycles. The second kappa shape index (κ2) is 5.76. The van der Waals surface area contributed by atoms with Crippen LogP contribution in [-0.2, 0) is 0 Å². The van der Waals surface area contributed by atoms with Gasteiger partial charge in [0.1, 0.15) is 5.75 Å². The molecule has 4 heteroatoms. The molecule has 1 aliphatic rings. The second-order valence-electron chi connectivity index (χ2n) is 4.83. The summed E-state index contributed by atoms with van der Waals surface area (Å²) in [5, 5.41) is 2.91. The number of hydrogen-bond acceptors (Lipinski definition) is 2. The van der Waals surface area contributed by atoms with E-state index in [1.54, 1.807) is 7.11 Å². The van der Waals surface area contributed by atoms with E-state index >= 15 is 0 Å². The van der Waals surface area contributed by atoms with E-state index in [9.17, 15) is 4.79 Å². The van der Waals surface area contributed by atoms with Crippen LogP contribution in [0.1, 0.15) is 19.8 Å². The topological polar surface area (TPSA) is 41.6 Å². The Morgan fingerprint density at radius 2 is 2.11 bits per heavy atom. The van der Waals surface area contributed by atoms with Crippen LogP contribution in [0.3, 0.4) is 0 Å². The van der Waals surface area contributed by atoms with Gasteiger partial charge in [-0.15, -0.1) is 0 Å². The van der Waals surface area contributed by atoms with Crippen LogP contribution in [0.15, 0.2) is 24.3 Å². The van der Waals surface area contributed by atoms with Crippen molar-refractivity contribution in [3.05, 3.63) is 24.3 Å². The zero-order chi connectivity index (χ0) is 13.0. The molecule has 0 atom stereocenters. The molecule has 4 nitrogen and oxygen atoms in total. The first kappa shape index (κ1) is 12.7. The number of amides is 2. The van der Waals surface area contributed by atoms with Gasteiger partial charge in [0.2, 0.25) is 0 Å². The molecule has 0 aromatic heterocycles. The highest BCUT2D eigenvalue weighted by molar-refractivity contribution is 5.89. The van der Waals surface area contributed by atoms with Crippen LogP contribution < -0.4 is 10.1 Å². The molecule has 1 aromatic carbocycles. The number of rotatable bonds is 2. The average molecular weight is 248 g/mol. The van der Waals surface area contributed by atoms with Crippen LogP contribution >= 0.6 is 0 Å². The molecule has 0 radical (unpaired) electrons. The molecule has 2 amide bonds. The third-order valence-corrected chi connectivity index (χ3v) is 3.39. The fraction of sp³-hybridized carbons (Fsp3) is 0.500. The van der Waals surface area contributed by atoms with Crippen molar-refractivity contribution in [2.75, 3.05) is 25.5 Å². The third-order valence-electron chi connectivity index (χ3n) is 3.39. The minimum Gasteiger partial charge on any atom is -0.497 e. The van der Waals surface area contributed by atoms with Crippen molar-refractivity contribution in [1.29, 1.82) is 0 Å². The predicted molar refractivity (Wildman–Crippen MR) is 72.0 cm³/mol. The van der Waals surface area contributed by atoms with E-state index in [0.29, 0.717) is 0 Å². The van der Waals surface area contributed by atoms with Gasteiger partial charge in [-0.1, -0.05) is 13.0 Å². The number of anilines is 1. The summed E-state index contributed by atoms with van der Waals surface area (Å²) >= 11 is 0. The van der Waals surface area contributed by atoms with Gasteiger partial charge in [-0.3, -0.25) is 0 Å². The van der Waals surface area contributed by atoms with Gasteiger partial charge in [0, 0.05) is 24.8 Å². The van der Waals surface area contributed by atoms with Crippen molar-refractivity contribution in [3.8, 4) is 5.75 Å². The Labute approximate surface area is 108 Å². The smallest absolute Gasteiger partial charge is 0.321 e. The average Bonchev–Trinajstić information content (AvgIpc) is 2.39. The zero-order valence-electron chi connectivity index (χ0n) is 11.0. The van der Waals surface area contributed by atoms with Crippen LogP contribution in [0.4, 0.5) is 10.5 Å². The highest BCUT2D eigenvalue weighted by Crippen LogP contribution is 2.19. The first-order valence-electron chi connectivity index (χ1n) is 6.39. The summed E-state index contributed by atoms with van der Waals surface area (Å²) in [5.41, 5.74) is 0.776. The molecule has 2 rings (SSSR count). The van der Waals surface area contributed by atoms with Gasteiger partial charge in [-0.05, 0) is 30.9 Å². The molecule has 1 aromatic rings. The number of nitrogens with one attached hydrogen (secondary N) is 1. The van der Waals surface area contributed by atoms with Gasteiger partial charge in [0.25, 0.3) is 0 Å². The molecular weight excluding hydrogens is 228 g/mol. The maximum absolute atomic E-state index is 12.0. The van der Waals surface area contributed by atoms with Crippen molar-refractivity contribution in [2.24, 2.45) is 5.92 Å². The lowest BCUT2D eigenvalue weighted by molar-refractivity contribution is 0.186. The zero-order valence-corrected chi connectivity index (χ0v) is 11.0. The molecule has 18 heavy (non-hydrogen) atoms. The van der Waals surface area contributed by atoms with E-state index in [-0.39, 0.29) is 6.03 Å². The lowest BCUT2D eigenvalue weighted by atomic mass is 10.00. The molecule has 1 aliphatic heterocycles. The van der Waals surface area contributed by atoms with Crippen molar-refractivity contribution in [1.82, 2.24) is 4.90 Å². The van der Waals surface area contributed by atoms with Crippen molar-refractivity contribution >= 4 is 11.7 Å². The number of urea groups is 1. The number of benzene rings is 1. The number of carbonyl (C=O) groups excluding carboxylic acids is 1. The van der Waals surface area contributed by atoms with Crippen molar-refractivity contribution in [2.45, 2.75) is 19.8 Å². The molecule has 1 saturated heterocycles. The van der Waals surface area contributed by atoms with Crippen LogP contribution in [0.25, 0.3) is 0 Å². The molecule has 1 fully saturated rings. The van der Waals surface area contributed by atoms with Crippen LogP contribution in [0, 0.1) is 5.92 Å². The minimum atomic E-state index is -0.0184. The molecular formula is C14H20N2O2. The number of nitrogens with zero attached hydrogens (tertiary/aromatic N) is 1. The molecule has 1 heterocycles. The Bertz CT molecular complexity index is 412. The molecule has 0 aliphatic carbocycles. The largest absolute Gasteiger partial charge is 0.497 e. The van der Waals surface area contributed by atoms with Crippen LogP contribution in [0.5, 0.6) is 5.75 Å². The van der Waals surface area contributed by atoms with Crippen molar-refractivity contribution < 1.29 is 9.53 Å². The molecule has 98 valence electrons. The standard InChI is InChI=1S/C14H20N2O2/c1-11-6-8-16(9-7-11)14(17)15-12-4-3-5-13(10-12)18-2/h3-5,10-11H,6-9H2,1-2H3,(H,15,17). The first-order valence-corrected chi connectivity index (χ1v) is 6.39. The number of piperidine rings is 1. The summed E-state index contributed by atoms with van der Waals surface area (Å²) < 4.78 is 5.13. The summed E-state index contributed by atoms with van der Waals surface area (Å²) in [4.78, 5) is 13.9. The van der Waals surface area contributed by atoms with E-state index in [1.165, 1.54) is 0 Å². The number of carbonyl (C=O) groups is 1. The third kappa shape index (κ3) is 3.15. The van der Waals surface area contributed by atoms with Gasteiger partial charge >= 0.3 is 6.03 Å². The Morgan fingerprint density at radius 1 is 1.39 bits per heavy atom. The fourth-order valence-electron chi connectivity index (χ4n) is 2.12. The molecule has 0 bridgehead atoms. The van der Waals surface area contributed by atoms with Crippen molar-refractivity contribution in [3.63, 3.8) is 0 Å². The lowest BCUT2D eigenvalue weighted by Gasteiger charge is -2.30. The van der Waals surface area contributed by atoms with E-state index in [0.717, 1.165) is 43.3 Å². The molecule has 0 unspecified atom stereocenters. The van der Waals surface area contributed by atoms with Gasteiger partial charge in [-0.2, -0.15) is 0 Å². The van der Waals surface area contributed by atoms with E-state index in [2.05, 4.69) is 12.2 Å². The SMILES string of the molecule is COc1cccc(NC(=O)N2CCC(C)CC2)c1. The predicted octanol–water partition coefficient (Wildman–Crippen LogP) is 2.96. The van der Waals surface area contributed by atoms with E-state index < -0.39 is 0 Å². The number of methoxy groups -OCH3 is 1. The molecule has 0 spiro atoms. The van der Waals surface area contributed by atoms with Crippen LogP contribution in [-0.4, -0.2) is 31.1 Å². The quantitative estimate of drug-likeness (QED) is 0.874. The Kier molecular flexibility index (Phi) is 4.07. The Hall–Kier alpha value is -1.71. The number of likely N-dealkylation sites (tertiary alicyclic amines) is 1. The monoisotopic (exact) mass is 248 g/mol. The van der Waals surface area contributed by atoms with Gasteiger partial charge < -0.3 is 15.0 Å². The summed E-state index contributed by atoms with van der Waals surface area (Å²) in [7, 11) is 1.62. The minimum absolute atomic E-state index is 0.0184. The number of hydrogen-bond donors (Lipinski definition) is 1. The maximum Gasteiger partial charge on any atom is 0.321 e. The lowest BCUT2D eigenvalue weighted by Crippen LogP contribution is -2.40. The fourth-order valence-corrected chi connectivity index (χ4v) is 2.12. The van der Waals surface area contributed by atoms with E-state index in [4.69, 9.17) is 4.74 Å². The summed E-state index contributed by atoms with van der Waals surface area (Å²) in [6.07, 6.45) is 2.18. The highest BCUT2D eigenvalue weighted by Gasteiger charge is 2.20. The summed E-state index contributed by atoms with van der Waals surface area (Å²) in [6, 6.07) is 7.40. The summed E-state index contributed by atoms with van der Waals surface area (Å²) in [6.45, 7) is 3.92. The Morgan fingerprint density at radius 3 is 2.78 bits per heavy atom. The van der Waals surface area contributed by atoms with Gasteiger partial charge in [0.05, 0.1) is 7.11 Å². The second-order valence-corrected chi connectivity index (χ2v) is 4.83. The van der Waals surface area contributed by atoms with Gasteiger partial charge in [-0.25, -0.2) is 4.79 Å². The summed E-state index contributed by atoms with van der Waals surface area (Å²) in [5.74, 6) is 1.48. The highest BCUT2D eigenvalue weighted by atomic mass is 16.5. The van der Waals surface area contributed by atoms with Crippen LogP contribution in [0.2, 0.25) is 0 Å². The normalized spacial score (nSPS) is 16.4. The number of ether oxygens (including phenoxy) is 1. The molecule has 1 N–H and O–H groups in total.